The van der Waals surface area contributed by atoms with E-state index in [2.05, 4.69) is 4.90 Å². The first-order valence-electron chi connectivity index (χ1n) is 8.43. The Hall–Kier alpha value is -2.16. The third kappa shape index (κ3) is 2.86. The van der Waals surface area contributed by atoms with Crippen molar-refractivity contribution < 1.29 is 19.1 Å². The molecule has 0 bridgehead atoms. The zero-order valence-electron chi connectivity index (χ0n) is 14.1. The summed E-state index contributed by atoms with van der Waals surface area (Å²) in [6.45, 7) is 3.65. The number of fused-ring (bicyclic) bond motifs is 1. The largest absolute Gasteiger partial charge is 0.419 e. The molecule has 0 unspecified atom stereocenters. The van der Waals surface area contributed by atoms with Crippen molar-refractivity contribution >= 4 is 17.0 Å². The summed E-state index contributed by atoms with van der Waals surface area (Å²) in [6.07, 6.45) is -0.566. The molecule has 0 saturated carbocycles. The molecule has 8 nitrogen and oxygen atoms in total. The Kier molecular flexibility index (Phi) is 4.10. The quantitative estimate of drug-likeness (QED) is 0.799. The average Bonchev–Trinajstić information content (AvgIpc) is 3.15. The van der Waals surface area contributed by atoms with E-state index in [0.29, 0.717) is 43.0 Å². The third-order valence-electron chi connectivity index (χ3n) is 5.10. The molecule has 2 aromatic rings. The van der Waals surface area contributed by atoms with E-state index in [4.69, 9.17) is 9.15 Å². The summed E-state index contributed by atoms with van der Waals surface area (Å²) in [5.74, 6) is -0.603. The number of hydrogen-bond acceptors (Lipinski definition) is 6. The number of morpholine rings is 1. The van der Waals surface area contributed by atoms with Crippen molar-refractivity contribution in [1.82, 2.24) is 14.4 Å². The molecule has 4 rings (SSSR count). The van der Waals surface area contributed by atoms with Crippen molar-refractivity contribution in [3.05, 3.63) is 34.3 Å². The molecule has 134 valence electrons. The fraction of sp³-hybridized carbons (Fsp3) is 0.529. The molecule has 2 aliphatic rings. The highest BCUT2D eigenvalue weighted by Gasteiger charge is 2.38. The fourth-order valence-electron chi connectivity index (χ4n) is 3.65. The Morgan fingerprint density at radius 3 is 2.76 bits per heavy atom. The van der Waals surface area contributed by atoms with Gasteiger partial charge in [-0.1, -0.05) is 0 Å². The predicted molar refractivity (Wildman–Crippen MR) is 89.5 cm³/mol. The van der Waals surface area contributed by atoms with Crippen LogP contribution in [0.25, 0.3) is 11.1 Å². The summed E-state index contributed by atoms with van der Waals surface area (Å²) in [7, 11) is 1.61. The Morgan fingerprint density at radius 1 is 1.24 bits per heavy atom. The number of amides is 1. The molecule has 1 aromatic carbocycles. The number of carbonyl (C=O) groups is 1. The number of benzene rings is 1. The van der Waals surface area contributed by atoms with Crippen molar-refractivity contribution in [3.8, 4) is 0 Å². The van der Waals surface area contributed by atoms with Gasteiger partial charge in [0.2, 0.25) is 0 Å². The number of aromatic nitrogens is 1. The monoisotopic (exact) mass is 347 g/mol. The van der Waals surface area contributed by atoms with Crippen LogP contribution in [0.5, 0.6) is 0 Å². The van der Waals surface area contributed by atoms with Crippen molar-refractivity contribution in [3.63, 3.8) is 0 Å². The van der Waals surface area contributed by atoms with E-state index in [9.17, 15) is 14.7 Å². The van der Waals surface area contributed by atoms with Gasteiger partial charge in [-0.25, -0.2) is 4.79 Å². The lowest BCUT2D eigenvalue weighted by molar-refractivity contribution is -0.00611. The minimum absolute atomic E-state index is 0.0603. The second kappa shape index (κ2) is 6.29. The van der Waals surface area contributed by atoms with Crippen molar-refractivity contribution in [2.75, 3.05) is 39.4 Å². The molecular formula is C17H21N3O5. The summed E-state index contributed by atoms with van der Waals surface area (Å²) >= 11 is 0. The number of nitrogens with zero attached hydrogens (tertiary/aromatic N) is 3. The lowest BCUT2D eigenvalue weighted by atomic mass is 10.1. The van der Waals surface area contributed by atoms with Gasteiger partial charge in [-0.2, -0.15) is 0 Å². The predicted octanol–water partition coefficient (Wildman–Crippen LogP) is -0.351. The molecule has 2 saturated heterocycles. The molecule has 1 aromatic heterocycles. The Morgan fingerprint density at radius 2 is 2.00 bits per heavy atom. The number of hydrogen-bond donors (Lipinski definition) is 1. The molecule has 25 heavy (non-hydrogen) atoms. The number of aliphatic hydroxyl groups is 1. The highest BCUT2D eigenvalue weighted by Crippen LogP contribution is 2.21. The summed E-state index contributed by atoms with van der Waals surface area (Å²) in [4.78, 5) is 28.3. The van der Waals surface area contributed by atoms with Gasteiger partial charge < -0.3 is 19.2 Å². The molecule has 0 radical (unpaired) electrons. The van der Waals surface area contributed by atoms with Crippen LogP contribution in [0.3, 0.4) is 0 Å². The van der Waals surface area contributed by atoms with Crippen LogP contribution >= 0.6 is 0 Å². The number of oxazole rings is 1. The van der Waals surface area contributed by atoms with Crippen LogP contribution in [-0.2, 0) is 11.8 Å². The molecule has 8 heteroatoms. The molecule has 0 spiro atoms. The second-order valence-corrected chi connectivity index (χ2v) is 6.60. The van der Waals surface area contributed by atoms with Gasteiger partial charge in [0.05, 0.1) is 30.9 Å². The zero-order chi connectivity index (χ0) is 17.6. The van der Waals surface area contributed by atoms with Gasteiger partial charge in [-0.3, -0.25) is 14.3 Å². The van der Waals surface area contributed by atoms with E-state index in [1.54, 1.807) is 30.1 Å². The maximum Gasteiger partial charge on any atom is 0.419 e. The first-order valence-corrected chi connectivity index (χ1v) is 8.43. The van der Waals surface area contributed by atoms with E-state index in [0.717, 1.165) is 13.1 Å². The molecule has 2 aliphatic heterocycles. The maximum atomic E-state index is 12.8. The average molecular weight is 347 g/mol. The summed E-state index contributed by atoms with van der Waals surface area (Å²) < 4.78 is 11.8. The molecule has 0 aliphatic carbocycles. The first kappa shape index (κ1) is 16.3. The van der Waals surface area contributed by atoms with Crippen LogP contribution in [0, 0.1) is 0 Å². The molecule has 1 amide bonds. The highest BCUT2D eigenvalue weighted by molar-refractivity contribution is 5.97. The Balaban J connectivity index is 1.55. The second-order valence-electron chi connectivity index (χ2n) is 6.60. The number of carbonyl (C=O) groups excluding carboxylic acids is 1. The number of rotatable bonds is 2. The molecule has 2 atom stereocenters. The van der Waals surface area contributed by atoms with Gasteiger partial charge in [0.15, 0.2) is 5.58 Å². The SMILES string of the molecule is Cn1c(=O)oc2ccc(C(=O)N3C[C@@H](O)[C@H](N4CCOCC4)C3)cc21. The Bertz CT molecular complexity index is 852. The minimum Gasteiger partial charge on any atom is -0.408 e. The van der Waals surface area contributed by atoms with Crippen molar-refractivity contribution in [2.45, 2.75) is 12.1 Å². The zero-order valence-corrected chi connectivity index (χ0v) is 14.1. The number of aliphatic hydroxyl groups excluding tert-OH is 1. The highest BCUT2D eigenvalue weighted by atomic mass is 16.5. The number of ether oxygens (including phenoxy) is 1. The smallest absolute Gasteiger partial charge is 0.408 e. The minimum atomic E-state index is -0.566. The lowest BCUT2D eigenvalue weighted by Crippen LogP contribution is -2.49. The van der Waals surface area contributed by atoms with E-state index in [1.807, 2.05) is 0 Å². The van der Waals surface area contributed by atoms with E-state index in [-0.39, 0.29) is 11.9 Å². The van der Waals surface area contributed by atoms with Crippen LogP contribution in [0.1, 0.15) is 10.4 Å². The van der Waals surface area contributed by atoms with Gasteiger partial charge in [0.25, 0.3) is 5.91 Å². The molecular weight excluding hydrogens is 326 g/mol. The van der Waals surface area contributed by atoms with E-state index in [1.165, 1.54) is 4.57 Å². The van der Waals surface area contributed by atoms with Gasteiger partial charge in [0, 0.05) is 38.8 Å². The topological polar surface area (TPSA) is 88.2 Å². The van der Waals surface area contributed by atoms with E-state index >= 15 is 0 Å². The van der Waals surface area contributed by atoms with Gasteiger partial charge >= 0.3 is 5.76 Å². The number of likely N-dealkylation sites (tertiary alicyclic amines) is 1. The van der Waals surface area contributed by atoms with Crippen LogP contribution < -0.4 is 5.76 Å². The lowest BCUT2D eigenvalue weighted by Gasteiger charge is -2.33. The van der Waals surface area contributed by atoms with Crippen LogP contribution in [0.2, 0.25) is 0 Å². The van der Waals surface area contributed by atoms with Crippen molar-refractivity contribution in [2.24, 2.45) is 7.05 Å². The number of aryl methyl sites for hydroxylation is 1. The third-order valence-corrected chi connectivity index (χ3v) is 5.10. The summed E-state index contributed by atoms with van der Waals surface area (Å²) in [5, 5.41) is 10.4. The standard InChI is InChI=1S/C17H21N3O5/c1-18-12-8-11(2-3-15(12)25-17(18)23)16(22)20-9-13(14(21)10-20)19-4-6-24-7-5-19/h2-3,8,13-14,21H,4-7,9-10H2,1H3/t13-,14-/m1/s1. The summed E-state index contributed by atoms with van der Waals surface area (Å²) in [6, 6.07) is 4.89. The van der Waals surface area contributed by atoms with Gasteiger partial charge in [-0.15, -0.1) is 0 Å². The molecule has 3 heterocycles. The van der Waals surface area contributed by atoms with Gasteiger partial charge in [0.1, 0.15) is 0 Å². The molecule has 1 N–H and O–H groups in total. The normalized spacial score (nSPS) is 25.0. The number of β-amino-alcohol motifs (C(OH)–C–C–N with tert-alkyl or cyclic N) is 1. The maximum absolute atomic E-state index is 12.8. The fourth-order valence-corrected chi connectivity index (χ4v) is 3.65. The van der Waals surface area contributed by atoms with Crippen LogP contribution in [0.4, 0.5) is 0 Å². The van der Waals surface area contributed by atoms with Crippen molar-refractivity contribution in [1.29, 1.82) is 0 Å². The molecule has 2 fully saturated rings. The first-order chi connectivity index (χ1) is 12.0. The van der Waals surface area contributed by atoms with Crippen LogP contribution in [-0.4, -0.2) is 76.9 Å². The van der Waals surface area contributed by atoms with E-state index < -0.39 is 11.9 Å². The Labute approximate surface area is 144 Å². The van der Waals surface area contributed by atoms with Gasteiger partial charge in [-0.05, 0) is 18.2 Å². The van der Waals surface area contributed by atoms with Crippen LogP contribution in [0.15, 0.2) is 27.4 Å². The summed E-state index contributed by atoms with van der Waals surface area (Å²) in [5.41, 5.74) is 1.52.